The molecular weight excluding hydrogens is 208 g/mol. The van der Waals surface area contributed by atoms with Crippen molar-refractivity contribution in [1.82, 2.24) is 16.1 Å². The number of rotatable bonds is 3. The van der Waals surface area contributed by atoms with Gasteiger partial charge in [-0.05, 0) is 19.4 Å². The van der Waals surface area contributed by atoms with Gasteiger partial charge in [0.2, 0.25) is 5.91 Å². The highest BCUT2D eigenvalue weighted by Gasteiger charge is 2.20. The highest BCUT2D eigenvalue weighted by atomic mass is 16.2. The monoisotopic (exact) mass is 224 g/mol. The lowest BCUT2D eigenvalue weighted by molar-refractivity contribution is -0.121. The lowest BCUT2D eigenvalue weighted by Crippen LogP contribution is -2.42. The van der Waals surface area contributed by atoms with Gasteiger partial charge in [0.15, 0.2) is 0 Å². The second-order valence-corrected chi connectivity index (χ2v) is 4.10. The molecule has 1 fully saturated rings. The normalized spacial score (nSPS) is 24.9. The number of hydrogen-bond donors (Lipinski definition) is 3. The van der Waals surface area contributed by atoms with E-state index < -0.39 is 0 Å². The second-order valence-electron chi connectivity index (χ2n) is 4.10. The number of nitrogens with one attached hydrogen (secondary N) is 3. The van der Waals surface area contributed by atoms with Gasteiger partial charge in [-0.25, -0.2) is 5.43 Å². The summed E-state index contributed by atoms with van der Waals surface area (Å²) in [6.45, 7) is 1.66. The lowest BCUT2D eigenvalue weighted by atomic mass is 10.1. The standard InChI is InChI=1S/C10H16N4O2/c15-9-4-3-8(13-14-9)10(16)12-6-7-2-1-5-11-7/h7,11H,1-6H2,(H,12,16)(H,14,15). The van der Waals surface area contributed by atoms with Gasteiger partial charge in [0, 0.05) is 25.4 Å². The van der Waals surface area contributed by atoms with Crippen LogP contribution in [0.15, 0.2) is 5.10 Å². The highest BCUT2D eigenvalue weighted by Crippen LogP contribution is 2.04. The van der Waals surface area contributed by atoms with E-state index in [0.29, 0.717) is 31.1 Å². The van der Waals surface area contributed by atoms with Crippen LogP contribution in [0.5, 0.6) is 0 Å². The molecule has 1 unspecified atom stereocenters. The van der Waals surface area contributed by atoms with Crippen molar-refractivity contribution in [2.45, 2.75) is 31.7 Å². The predicted octanol–water partition coefficient (Wildman–Crippen LogP) is -0.879. The molecule has 0 radical (unpaired) electrons. The Bertz CT molecular complexity index is 321. The summed E-state index contributed by atoms with van der Waals surface area (Å²) >= 11 is 0. The lowest BCUT2D eigenvalue weighted by Gasteiger charge is -2.14. The number of nitrogens with zero attached hydrogens (tertiary/aromatic N) is 1. The van der Waals surface area contributed by atoms with Crippen LogP contribution < -0.4 is 16.1 Å². The zero-order chi connectivity index (χ0) is 11.4. The van der Waals surface area contributed by atoms with E-state index in [1.54, 1.807) is 0 Å². The number of carbonyl (C=O) groups is 2. The molecular formula is C10H16N4O2. The molecule has 2 amide bonds. The molecule has 0 bridgehead atoms. The first-order chi connectivity index (χ1) is 7.75. The van der Waals surface area contributed by atoms with Crippen LogP contribution in [0.1, 0.15) is 25.7 Å². The summed E-state index contributed by atoms with van der Waals surface area (Å²) in [5.74, 6) is -0.303. The zero-order valence-corrected chi connectivity index (χ0v) is 9.08. The molecule has 0 spiro atoms. The van der Waals surface area contributed by atoms with Crippen LogP contribution >= 0.6 is 0 Å². The van der Waals surface area contributed by atoms with E-state index in [-0.39, 0.29) is 11.8 Å². The largest absolute Gasteiger partial charge is 0.349 e. The van der Waals surface area contributed by atoms with Crippen LogP contribution in [0.2, 0.25) is 0 Å². The first-order valence-corrected chi connectivity index (χ1v) is 5.62. The molecule has 2 heterocycles. The van der Waals surface area contributed by atoms with E-state index in [4.69, 9.17) is 0 Å². The fourth-order valence-electron chi connectivity index (χ4n) is 1.89. The maximum absolute atomic E-state index is 11.6. The molecule has 2 aliphatic rings. The summed E-state index contributed by atoms with van der Waals surface area (Å²) in [6, 6.07) is 0.378. The fraction of sp³-hybridized carbons (Fsp3) is 0.700. The van der Waals surface area contributed by atoms with Crippen molar-refractivity contribution in [2.24, 2.45) is 5.10 Å². The molecule has 0 saturated carbocycles. The third kappa shape index (κ3) is 2.79. The van der Waals surface area contributed by atoms with Crippen LogP contribution in [0.4, 0.5) is 0 Å². The summed E-state index contributed by atoms with van der Waals surface area (Å²) in [5, 5.41) is 9.86. The van der Waals surface area contributed by atoms with Gasteiger partial charge >= 0.3 is 0 Å². The minimum atomic E-state index is -0.173. The summed E-state index contributed by atoms with van der Waals surface area (Å²) in [6.07, 6.45) is 3.03. The summed E-state index contributed by atoms with van der Waals surface area (Å²) in [5.41, 5.74) is 2.73. The van der Waals surface area contributed by atoms with Crippen LogP contribution in [0.3, 0.4) is 0 Å². The molecule has 6 heteroatoms. The summed E-state index contributed by atoms with van der Waals surface area (Å²) < 4.78 is 0. The van der Waals surface area contributed by atoms with Crippen LogP contribution in [0.25, 0.3) is 0 Å². The van der Waals surface area contributed by atoms with Crippen LogP contribution in [-0.2, 0) is 9.59 Å². The Labute approximate surface area is 93.9 Å². The molecule has 88 valence electrons. The molecule has 0 aromatic heterocycles. The first kappa shape index (κ1) is 11.1. The predicted molar refractivity (Wildman–Crippen MR) is 58.8 cm³/mol. The molecule has 16 heavy (non-hydrogen) atoms. The summed E-state index contributed by atoms with van der Waals surface area (Å²) in [4.78, 5) is 22.5. The average Bonchev–Trinajstić information content (AvgIpc) is 2.80. The topological polar surface area (TPSA) is 82.6 Å². The molecule has 1 atom stereocenters. The van der Waals surface area contributed by atoms with Crippen molar-refractivity contribution in [3.63, 3.8) is 0 Å². The quantitative estimate of drug-likeness (QED) is 0.582. The molecule has 3 N–H and O–H groups in total. The number of hydrazone groups is 1. The van der Waals surface area contributed by atoms with Crippen molar-refractivity contribution in [2.75, 3.05) is 13.1 Å². The smallest absolute Gasteiger partial charge is 0.267 e. The van der Waals surface area contributed by atoms with Crippen molar-refractivity contribution in [1.29, 1.82) is 0 Å². The fourth-order valence-corrected chi connectivity index (χ4v) is 1.89. The van der Waals surface area contributed by atoms with Crippen molar-refractivity contribution in [3.05, 3.63) is 0 Å². The van der Waals surface area contributed by atoms with Gasteiger partial charge in [-0.15, -0.1) is 0 Å². The van der Waals surface area contributed by atoms with Gasteiger partial charge in [-0.1, -0.05) is 0 Å². The van der Waals surface area contributed by atoms with E-state index in [1.165, 1.54) is 0 Å². The van der Waals surface area contributed by atoms with E-state index >= 15 is 0 Å². The number of carbonyl (C=O) groups excluding carboxylic acids is 2. The molecule has 0 aromatic carbocycles. The Morgan fingerprint density at radius 1 is 1.50 bits per heavy atom. The maximum Gasteiger partial charge on any atom is 0.267 e. The van der Waals surface area contributed by atoms with Crippen LogP contribution in [-0.4, -0.2) is 36.7 Å². The van der Waals surface area contributed by atoms with Gasteiger partial charge in [0.05, 0.1) is 0 Å². The number of hydrogen-bond acceptors (Lipinski definition) is 4. The van der Waals surface area contributed by atoms with Crippen molar-refractivity contribution < 1.29 is 9.59 Å². The van der Waals surface area contributed by atoms with E-state index in [2.05, 4.69) is 21.2 Å². The first-order valence-electron chi connectivity index (χ1n) is 5.62. The van der Waals surface area contributed by atoms with Gasteiger partial charge in [0.25, 0.3) is 5.91 Å². The van der Waals surface area contributed by atoms with E-state index in [0.717, 1.165) is 19.4 Å². The highest BCUT2D eigenvalue weighted by molar-refractivity contribution is 6.39. The van der Waals surface area contributed by atoms with Crippen LogP contribution in [0, 0.1) is 0 Å². The molecule has 2 aliphatic heterocycles. The van der Waals surface area contributed by atoms with Gasteiger partial charge in [-0.2, -0.15) is 5.10 Å². The van der Waals surface area contributed by atoms with Gasteiger partial charge in [-0.3, -0.25) is 9.59 Å². The Balaban J connectivity index is 1.76. The zero-order valence-electron chi connectivity index (χ0n) is 9.08. The molecule has 2 rings (SSSR count). The minimum absolute atomic E-state index is 0.131. The molecule has 0 aromatic rings. The Hall–Kier alpha value is -1.43. The minimum Gasteiger partial charge on any atom is -0.349 e. The Kier molecular flexibility index (Phi) is 3.51. The molecule has 1 saturated heterocycles. The van der Waals surface area contributed by atoms with Gasteiger partial charge in [0.1, 0.15) is 5.71 Å². The average molecular weight is 224 g/mol. The second kappa shape index (κ2) is 5.07. The third-order valence-electron chi connectivity index (χ3n) is 2.84. The maximum atomic E-state index is 11.6. The van der Waals surface area contributed by atoms with E-state index in [1.807, 2.05) is 0 Å². The number of amides is 2. The van der Waals surface area contributed by atoms with Gasteiger partial charge < -0.3 is 10.6 Å². The van der Waals surface area contributed by atoms with Crippen molar-refractivity contribution in [3.8, 4) is 0 Å². The van der Waals surface area contributed by atoms with E-state index in [9.17, 15) is 9.59 Å². The Morgan fingerprint density at radius 2 is 2.38 bits per heavy atom. The molecule has 6 nitrogen and oxygen atoms in total. The third-order valence-corrected chi connectivity index (χ3v) is 2.84. The summed E-state index contributed by atoms with van der Waals surface area (Å²) in [7, 11) is 0. The Morgan fingerprint density at radius 3 is 3.00 bits per heavy atom. The SMILES string of the molecule is O=C1CCC(C(=O)NCC2CCCN2)=NN1. The van der Waals surface area contributed by atoms with Crippen molar-refractivity contribution >= 4 is 17.5 Å². The molecule has 0 aliphatic carbocycles.